The summed E-state index contributed by atoms with van der Waals surface area (Å²) in [5.74, 6) is 0.288. The van der Waals surface area contributed by atoms with Gasteiger partial charge in [0.25, 0.3) is 0 Å². The van der Waals surface area contributed by atoms with E-state index in [2.05, 4.69) is 24.4 Å². The van der Waals surface area contributed by atoms with Crippen LogP contribution >= 0.6 is 23.5 Å². The van der Waals surface area contributed by atoms with Gasteiger partial charge >= 0.3 is 0 Å². The van der Waals surface area contributed by atoms with E-state index in [1.165, 1.54) is 35.5 Å². The van der Waals surface area contributed by atoms with Crippen LogP contribution < -0.4 is 5.32 Å². The molecular weight excluding hydrogens is 374 g/mol. The lowest BCUT2D eigenvalue weighted by atomic mass is 10.00. The molecule has 0 aliphatic heterocycles. The summed E-state index contributed by atoms with van der Waals surface area (Å²) in [7, 11) is 0. The molecule has 2 unspecified atom stereocenters. The Kier molecular flexibility index (Phi) is 6.77. The molecule has 5 heteroatoms. The first kappa shape index (κ1) is 20.2. The number of anilines is 1. The van der Waals surface area contributed by atoms with E-state index in [0.29, 0.717) is 16.2 Å². The number of hydrogen-bond acceptors (Lipinski definition) is 4. The highest BCUT2D eigenvalue weighted by Gasteiger charge is 2.27. The van der Waals surface area contributed by atoms with Crippen molar-refractivity contribution in [3.05, 3.63) is 47.5 Å². The Morgan fingerprint density at radius 3 is 2.26 bits per heavy atom. The number of aromatic hydroxyl groups is 1. The van der Waals surface area contributed by atoms with Gasteiger partial charge in [0.05, 0.1) is 0 Å². The third-order valence-corrected chi connectivity index (χ3v) is 8.12. The Morgan fingerprint density at radius 2 is 1.63 bits per heavy atom. The Bertz CT molecular complexity index is 805. The van der Waals surface area contributed by atoms with Crippen molar-refractivity contribution in [1.82, 2.24) is 0 Å². The molecule has 1 aliphatic carbocycles. The average Bonchev–Trinajstić information content (AvgIpc) is 2.64. The van der Waals surface area contributed by atoms with Crippen molar-refractivity contribution in [2.45, 2.75) is 66.7 Å². The molecule has 1 aliphatic rings. The third-order valence-electron chi connectivity index (χ3n) is 4.97. The zero-order valence-electron chi connectivity index (χ0n) is 16.1. The number of aryl methyl sites for hydroxylation is 1. The Hall–Kier alpha value is -1.59. The molecule has 27 heavy (non-hydrogen) atoms. The van der Waals surface area contributed by atoms with Gasteiger partial charge in [-0.3, -0.25) is 4.79 Å². The lowest BCUT2D eigenvalue weighted by Gasteiger charge is -2.31. The molecule has 0 bridgehead atoms. The van der Waals surface area contributed by atoms with Crippen LogP contribution in [0.5, 0.6) is 5.75 Å². The van der Waals surface area contributed by atoms with Crippen LogP contribution in [-0.2, 0) is 4.79 Å². The summed E-state index contributed by atoms with van der Waals surface area (Å²) in [6, 6.07) is 11.8. The number of thioether (sulfide) groups is 2. The van der Waals surface area contributed by atoms with E-state index < -0.39 is 0 Å². The number of carbonyl (C=O) groups excluding carboxylic acids is 1. The second kappa shape index (κ2) is 9.07. The summed E-state index contributed by atoms with van der Waals surface area (Å²) >= 11 is 3.87. The van der Waals surface area contributed by atoms with Crippen LogP contribution in [0.4, 0.5) is 5.69 Å². The van der Waals surface area contributed by atoms with Gasteiger partial charge in [-0.25, -0.2) is 0 Å². The fourth-order valence-electron chi connectivity index (χ4n) is 3.52. The third kappa shape index (κ3) is 5.23. The van der Waals surface area contributed by atoms with Gasteiger partial charge in [0.1, 0.15) is 5.75 Å². The van der Waals surface area contributed by atoms with Gasteiger partial charge in [-0.15, -0.1) is 23.5 Å². The zero-order valence-corrected chi connectivity index (χ0v) is 17.8. The minimum absolute atomic E-state index is 0.0261. The summed E-state index contributed by atoms with van der Waals surface area (Å²) in [6.07, 6.45) is 4.97. The molecule has 0 saturated heterocycles. The van der Waals surface area contributed by atoms with E-state index in [4.69, 9.17) is 0 Å². The highest BCUT2D eigenvalue weighted by Crippen LogP contribution is 2.44. The molecule has 0 spiro atoms. The summed E-state index contributed by atoms with van der Waals surface area (Å²) in [5, 5.41) is 13.6. The van der Waals surface area contributed by atoms with Crippen LogP contribution in [0.15, 0.2) is 46.2 Å². The standard InChI is InChI=1S/C22H27NO2S2/c1-14-8-13-19(15(2)22(14)23-16(3)24)27-21-7-5-4-6-20(21)26-18-11-9-17(25)10-12-18/h8-13,20-21,25H,4-7H2,1-3H3,(H,23,24). The van der Waals surface area contributed by atoms with Crippen molar-refractivity contribution in [1.29, 1.82) is 0 Å². The molecule has 2 aromatic carbocycles. The maximum Gasteiger partial charge on any atom is 0.221 e. The topological polar surface area (TPSA) is 49.3 Å². The summed E-state index contributed by atoms with van der Waals surface area (Å²) in [5.41, 5.74) is 3.21. The van der Waals surface area contributed by atoms with E-state index >= 15 is 0 Å². The van der Waals surface area contributed by atoms with Crippen LogP contribution in [0.1, 0.15) is 43.7 Å². The molecule has 0 aromatic heterocycles. The minimum Gasteiger partial charge on any atom is -0.508 e. The molecule has 3 rings (SSSR count). The molecular formula is C22H27NO2S2. The van der Waals surface area contributed by atoms with Crippen molar-refractivity contribution in [3.63, 3.8) is 0 Å². The highest BCUT2D eigenvalue weighted by molar-refractivity contribution is 8.03. The maximum atomic E-state index is 11.6. The van der Waals surface area contributed by atoms with E-state index in [1.54, 1.807) is 19.1 Å². The number of hydrogen-bond donors (Lipinski definition) is 2. The van der Waals surface area contributed by atoms with Gasteiger partial charge in [-0.05, 0) is 68.1 Å². The summed E-state index contributed by atoms with van der Waals surface area (Å²) < 4.78 is 0. The van der Waals surface area contributed by atoms with Gasteiger partial charge < -0.3 is 10.4 Å². The van der Waals surface area contributed by atoms with Crippen molar-refractivity contribution in [2.75, 3.05) is 5.32 Å². The van der Waals surface area contributed by atoms with E-state index in [-0.39, 0.29) is 5.91 Å². The maximum absolute atomic E-state index is 11.6. The smallest absolute Gasteiger partial charge is 0.221 e. The normalized spacial score (nSPS) is 19.7. The molecule has 2 aromatic rings. The Morgan fingerprint density at radius 1 is 1.00 bits per heavy atom. The van der Waals surface area contributed by atoms with Gasteiger partial charge in [0.2, 0.25) is 5.91 Å². The first-order valence-electron chi connectivity index (χ1n) is 9.44. The van der Waals surface area contributed by atoms with Crippen molar-refractivity contribution in [2.24, 2.45) is 0 Å². The molecule has 1 saturated carbocycles. The van der Waals surface area contributed by atoms with Crippen LogP contribution in [0.25, 0.3) is 0 Å². The van der Waals surface area contributed by atoms with Crippen LogP contribution in [0.3, 0.4) is 0 Å². The quantitative estimate of drug-likeness (QED) is 0.629. The lowest BCUT2D eigenvalue weighted by molar-refractivity contribution is -0.114. The van der Waals surface area contributed by atoms with Crippen LogP contribution in [0.2, 0.25) is 0 Å². The fourth-order valence-corrected chi connectivity index (χ4v) is 6.39. The summed E-state index contributed by atoms with van der Waals surface area (Å²) in [4.78, 5) is 14.0. The van der Waals surface area contributed by atoms with Gasteiger partial charge in [0.15, 0.2) is 0 Å². The number of phenols is 1. The molecule has 1 amide bonds. The van der Waals surface area contributed by atoms with Gasteiger partial charge in [-0.1, -0.05) is 18.9 Å². The van der Waals surface area contributed by atoms with Crippen molar-refractivity contribution in [3.8, 4) is 5.75 Å². The Labute approximate surface area is 170 Å². The predicted octanol–water partition coefficient (Wildman–Crippen LogP) is 6.16. The SMILES string of the molecule is CC(=O)Nc1c(C)ccc(SC2CCCCC2Sc2ccc(O)cc2)c1C. The average molecular weight is 402 g/mol. The Balaban J connectivity index is 1.78. The molecule has 2 atom stereocenters. The van der Waals surface area contributed by atoms with E-state index in [9.17, 15) is 9.90 Å². The minimum atomic E-state index is -0.0261. The molecule has 2 N–H and O–H groups in total. The molecule has 3 nitrogen and oxygen atoms in total. The zero-order chi connectivity index (χ0) is 19.4. The lowest BCUT2D eigenvalue weighted by Crippen LogP contribution is -2.24. The van der Waals surface area contributed by atoms with Crippen molar-refractivity contribution >= 4 is 35.1 Å². The molecule has 0 radical (unpaired) electrons. The molecule has 1 fully saturated rings. The highest BCUT2D eigenvalue weighted by atomic mass is 32.2. The number of rotatable bonds is 5. The molecule has 0 heterocycles. The fraction of sp³-hybridized carbons (Fsp3) is 0.409. The number of benzene rings is 2. The number of carbonyl (C=O) groups is 1. The number of amides is 1. The van der Waals surface area contributed by atoms with Gasteiger partial charge in [0, 0.05) is 32.9 Å². The van der Waals surface area contributed by atoms with Crippen molar-refractivity contribution < 1.29 is 9.90 Å². The summed E-state index contributed by atoms with van der Waals surface area (Å²) in [6.45, 7) is 5.70. The number of nitrogens with one attached hydrogen (secondary N) is 1. The van der Waals surface area contributed by atoms with Gasteiger partial charge in [-0.2, -0.15) is 0 Å². The second-order valence-electron chi connectivity index (χ2n) is 7.15. The van der Waals surface area contributed by atoms with E-state index in [1.807, 2.05) is 42.6 Å². The first-order valence-corrected chi connectivity index (χ1v) is 11.2. The number of phenolic OH excluding ortho intramolecular Hbond substituents is 1. The predicted molar refractivity (Wildman–Crippen MR) is 116 cm³/mol. The molecule has 144 valence electrons. The largest absolute Gasteiger partial charge is 0.508 e. The van der Waals surface area contributed by atoms with E-state index in [0.717, 1.165) is 16.8 Å². The van der Waals surface area contributed by atoms with Crippen LogP contribution in [-0.4, -0.2) is 21.5 Å². The van der Waals surface area contributed by atoms with Crippen LogP contribution in [0, 0.1) is 13.8 Å². The monoisotopic (exact) mass is 401 g/mol. The second-order valence-corrected chi connectivity index (χ2v) is 9.75. The first-order chi connectivity index (χ1) is 12.9.